The van der Waals surface area contributed by atoms with E-state index in [0.717, 1.165) is 0 Å². The third-order valence-electron chi connectivity index (χ3n) is 2.65. The molecule has 0 aromatic heterocycles. The van der Waals surface area contributed by atoms with E-state index in [1.54, 1.807) is 0 Å². The van der Waals surface area contributed by atoms with Crippen LogP contribution in [0.5, 0.6) is 0 Å². The summed E-state index contributed by atoms with van der Waals surface area (Å²) in [6, 6.07) is 0. The number of carbonyl (C=O) groups excluding carboxylic acids is 1. The molecule has 0 aliphatic carbocycles. The Labute approximate surface area is 123 Å². The van der Waals surface area contributed by atoms with Crippen molar-refractivity contribution in [3.8, 4) is 0 Å². The lowest BCUT2D eigenvalue weighted by atomic mass is 9.62. The first-order valence-electron chi connectivity index (χ1n) is 4.93. The Morgan fingerprint density at radius 1 is 0.522 bits per heavy atom. The van der Waals surface area contributed by atoms with Gasteiger partial charge in [0.05, 0.1) is 0 Å². The minimum atomic E-state index is -4.84. The smallest absolute Gasteiger partial charge is 0.480 e. The molecule has 0 saturated carbocycles. The van der Waals surface area contributed by atoms with Gasteiger partial charge in [-0.1, -0.05) is 0 Å². The fraction of sp³-hybridized carbons (Fsp3) is 0.222. The van der Waals surface area contributed by atoms with Crippen LogP contribution >= 0.6 is 0 Å². The lowest BCUT2D eigenvalue weighted by molar-refractivity contribution is -0.207. The molecule has 0 aromatic carbocycles. The number of aliphatic carboxylic acids is 5. The van der Waals surface area contributed by atoms with E-state index < -0.39 is 52.8 Å². The molecule has 0 amide bonds. The number of hydrogen-bond acceptors (Lipinski definition) is 8. The van der Waals surface area contributed by atoms with Gasteiger partial charge in [0.25, 0.3) is 10.8 Å². The fourth-order valence-electron chi connectivity index (χ4n) is 1.65. The van der Waals surface area contributed by atoms with Crippen molar-refractivity contribution in [2.24, 2.45) is 10.8 Å². The molecule has 0 atom stereocenters. The molecule has 126 valence electrons. The fourth-order valence-corrected chi connectivity index (χ4v) is 1.65. The van der Waals surface area contributed by atoms with Gasteiger partial charge in [0.2, 0.25) is 0 Å². The Kier molecular flexibility index (Phi) is 5.00. The second kappa shape index (κ2) is 5.96. The SMILES string of the molecule is O=C(O)OC(=O)C(C(=O)O)(C(=O)O)C(C(=O)O)(C(=O)O)C(=O)O. The first kappa shape index (κ1) is 19.3. The topological polar surface area (TPSA) is 250 Å². The van der Waals surface area contributed by atoms with Crippen molar-refractivity contribution in [1.29, 1.82) is 0 Å². The Hall–Kier alpha value is -3.71. The Morgan fingerprint density at radius 3 is 0.957 bits per heavy atom. The summed E-state index contributed by atoms with van der Waals surface area (Å²) in [5.41, 5.74) is -9.66. The lowest BCUT2D eigenvalue weighted by Gasteiger charge is -2.32. The molecule has 0 saturated heterocycles. The number of ether oxygens (including phenoxy) is 1. The van der Waals surface area contributed by atoms with Gasteiger partial charge in [-0.05, 0) is 0 Å². The third kappa shape index (κ3) is 2.37. The van der Waals surface area contributed by atoms with E-state index >= 15 is 0 Å². The number of carboxylic acid groups (broad SMARTS) is 6. The molecule has 0 aliphatic rings. The van der Waals surface area contributed by atoms with Crippen LogP contribution in [0.4, 0.5) is 4.79 Å². The van der Waals surface area contributed by atoms with Crippen LogP contribution in [0.3, 0.4) is 0 Å². The van der Waals surface area contributed by atoms with Crippen LogP contribution < -0.4 is 0 Å². The molecule has 6 N–H and O–H groups in total. The van der Waals surface area contributed by atoms with Crippen molar-refractivity contribution in [3.05, 3.63) is 0 Å². The van der Waals surface area contributed by atoms with Crippen molar-refractivity contribution in [3.63, 3.8) is 0 Å². The molecular weight excluding hydrogens is 332 g/mol. The molecule has 0 fully saturated rings. The summed E-state index contributed by atoms with van der Waals surface area (Å²) in [4.78, 5) is 77.5. The van der Waals surface area contributed by atoms with Crippen LogP contribution in [-0.2, 0) is 33.5 Å². The van der Waals surface area contributed by atoms with Crippen molar-refractivity contribution < 1.29 is 68.9 Å². The zero-order chi connectivity index (χ0) is 18.7. The van der Waals surface area contributed by atoms with Crippen molar-refractivity contribution in [1.82, 2.24) is 0 Å². The number of carbonyl (C=O) groups is 7. The highest BCUT2D eigenvalue weighted by molar-refractivity contribution is 6.33. The molecule has 0 radical (unpaired) electrons. The monoisotopic (exact) mass is 338 g/mol. The Morgan fingerprint density at radius 2 is 0.783 bits per heavy atom. The predicted octanol–water partition coefficient (Wildman–Crippen LogP) is -2.40. The van der Waals surface area contributed by atoms with Gasteiger partial charge in [-0.25, -0.2) is 9.59 Å². The van der Waals surface area contributed by atoms with Crippen LogP contribution in [0.1, 0.15) is 0 Å². The second-order valence-corrected chi connectivity index (χ2v) is 3.68. The summed E-state index contributed by atoms with van der Waals surface area (Å²) in [5, 5.41) is 52.5. The Balaban J connectivity index is 7.18. The van der Waals surface area contributed by atoms with E-state index in [1.807, 2.05) is 0 Å². The minimum Gasteiger partial charge on any atom is -0.480 e. The van der Waals surface area contributed by atoms with Gasteiger partial charge in [-0.2, -0.15) is 0 Å². The normalized spacial score (nSPS) is 11.1. The van der Waals surface area contributed by atoms with Crippen LogP contribution in [0, 0.1) is 10.8 Å². The molecule has 0 heterocycles. The van der Waals surface area contributed by atoms with Gasteiger partial charge in [-0.15, -0.1) is 0 Å². The second-order valence-electron chi connectivity index (χ2n) is 3.68. The van der Waals surface area contributed by atoms with Crippen molar-refractivity contribution >= 4 is 42.0 Å². The first-order valence-corrected chi connectivity index (χ1v) is 4.93. The van der Waals surface area contributed by atoms with E-state index in [1.165, 1.54) is 0 Å². The highest BCUT2D eigenvalue weighted by Gasteiger charge is 2.82. The summed E-state index contributed by atoms with van der Waals surface area (Å²) < 4.78 is 3.22. The maximum absolute atomic E-state index is 11.6. The highest BCUT2D eigenvalue weighted by atomic mass is 16.7. The van der Waals surface area contributed by atoms with Gasteiger partial charge in [0, 0.05) is 0 Å². The first-order chi connectivity index (χ1) is 10.3. The highest BCUT2D eigenvalue weighted by Crippen LogP contribution is 2.43. The average Bonchev–Trinajstić information content (AvgIpc) is 2.31. The molecular formula is C9H6O14. The summed E-state index contributed by atoms with van der Waals surface area (Å²) >= 11 is 0. The van der Waals surface area contributed by atoms with E-state index in [-0.39, 0.29) is 0 Å². The van der Waals surface area contributed by atoms with Gasteiger partial charge in [0.1, 0.15) is 0 Å². The van der Waals surface area contributed by atoms with Crippen LogP contribution in [0.15, 0.2) is 0 Å². The summed E-state index contributed by atoms with van der Waals surface area (Å²) in [6.07, 6.45) is -2.63. The van der Waals surface area contributed by atoms with Gasteiger partial charge in [0.15, 0.2) is 0 Å². The maximum Gasteiger partial charge on any atom is 0.513 e. The molecule has 0 aromatic rings. The summed E-state index contributed by atoms with van der Waals surface area (Å²) in [5.74, 6) is -18.3. The van der Waals surface area contributed by atoms with Crippen molar-refractivity contribution in [2.75, 3.05) is 0 Å². The predicted molar refractivity (Wildman–Crippen MR) is 57.2 cm³/mol. The molecule has 0 spiro atoms. The molecule has 0 bridgehead atoms. The lowest BCUT2D eigenvalue weighted by Crippen LogP contribution is -2.68. The molecule has 0 rings (SSSR count). The summed E-state index contributed by atoms with van der Waals surface area (Å²) in [7, 11) is 0. The molecule has 14 heteroatoms. The van der Waals surface area contributed by atoms with E-state index in [4.69, 9.17) is 30.6 Å². The van der Waals surface area contributed by atoms with E-state index in [0.29, 0.717) is 0 Å². The zero-order valence-corrected chi connectivity index (χ0v) is 10.4. The molecule has 0 unspecified atom stereocenters. The number of rotatable bonds is 7. The zero-order valence-electron chi connectivity index (χ0n) is 10.4. The van der Waals surface area contributed by atoms with Gasteiger partial charge < -0.3 is 35.4 Å². The third-order valence-corrected chi connectivity index (χ3v) is 2.65. The quantitative estimate of drug-likeness (QED) is 0.209. The van der Waals surface area contributed by atoms with Crippen LogP contribution in [-0.4, -0.2) is 72.6 Å². The van der Waals surface area contributed by atoms with Crippen LogP contribution in [0.25, 0.3) is 0 Å². The Bertz CT molecular complexity index is 576. The van der Waals surface area contributed by atoms with E-state index in [2.05, 4.69) is 4.74 Å². The summed E-state index contributed by atoms with van der Waals surface area (Å²) in [6.45, 7) is 0. The average molecular weight is 338 g/mol. The molecule has 0 aliphatic heterocycles. The van der Waals surface area contributed by atoms with Gasteiger partial charge in [-0.3, -0.25) is 24.0 Å². The minimum absolute atomic E-state index is 2.63. The largest absolute Gasteiger partial charge is 0.513 e. The van der Waals surface area contributed by atoms with Crippen LogP contribution in [0.2, 0.25) is 0 Å². The van der Waals surface area contributed by atoms with E-state index in [9.17, 15) is 33.6 Å². The standard InChI is InChI=1S/C9H6O14/c10-1(11)8(2(12)13,3(14)15)9(4(16)17,5(18)19)6(20)23-7(21)22/h(H,10,11)(H,12,13)(H,14,15)(H,16,17)(H,18,19)(H,21,22). The number of esters is 1. The molecule has 23 heavy (non-hydrogen) atoms. The maximum atomic E-state index is 11.6. The van der Waals surface area contributed by atoms with Gasteiger partial charge >= 0.3 is 42.0 Å². The molecule has 14 nitrogen and oxygen atoms in total. The number of hydrogen-bond donors (Lipinski definition) is 6. The van der Waals surface area contributed by atoms with Crippen molar-refractivity contribution in [2.45, 2.75) is 0 Å². The number of carboxylic acids is 5.